The number of hydroxylamine groups is 1. The van der Waals surface area contributed by atoms with Crippen LogP contribution in [0.4, 0.5) is 0 Å². The number of amides is 1. The van der Waals surface area contributed by atoms with Crippen molar-refractivity contribution in [2.24, 2.45) is 0 Å². The smallest absolute Gasteiger partial charge is 0.327 e. The minimum absolute atomic E-state index is 0.0725. The number of aromatic nitrogens is 3. The van der Waals surface area contributed by atoms with Gasteiger partial charge in [-0.25, -0.2) is 9.53 Å². The summed E-state index contributed by atoms with van der Waals surface area (Å²) in [6.07, 6.45) is 1.18. The van der Waals surface area contributed by atoms with E-state index in [0.29, 0.717) is 4.74 Å². The predicted molar refractivity (Wildman–Crippen MR) is 81.1 cm³/mol. The summed E-state index contributed by atoms with van der Waals surface area (Å²) >= 11 is 3.84. The largest absolute Gasteiger partial charge is 0.623 e. The van der Waals surface area contributed by atoms with Gasteiger partial charge in [0.1, 0.15) is 6.04 Å². The van der Waals surface area contributed by atoms with Crippen molar-refractivity contribution in [3.63, 3.8) is 0 Å². The lowest BCUT2D eigenvalue weighted by atomic mass is 10.1. The first-order valence-electron chi connectivity index (χ1n) is 6.31. The highest BCUT2D eigenvalue weighted by Gasteiger charge is 2.22. The molecule has 1 atom stereocenters. The van der Waals surface area contributed by atoms with Gasteiger partial charge in [-0.2, -0.15) is 12.6 Å². The Morgan fingerprint density at radius 1 is 1.50 bits per heavy atom. The number of carboxylic acids is 1. The van der Waals surface area contributed by atoms with Crippen molar-refractivity contribution in [1.29, 1.82) is 0 Å². The first-order valence-corrected chi connectivity index (χ1v) is 6.94. The lowest BCUT2D eigenvalue weighted by Crippen LogP contribution is -2.42. The Morgan fingerprint density at radius 2 is 2.14 bits per heavy atom. The molecule has 2 N–H and O–H groups in total. The number of hydrogen-bond donors (Lipinski definition) is 3. The minimum atomic E-state index is -1.21. The van der Waals surface area contributed by atoms with Gasteiger partial charge in [-0.3, -0.25) is 4.79 Å². The summed E-state index contributed by atoms with van der Waals surface area (Å²) in [7, 11) is 0. The third kappa shape index (κ3) is 4.95. The maximum Gasteiger partial charge on any atom is 0.327 e. The Morgan fingerprint density at radius 3 is 2.64 bits per heavy atom. The number of carbonyl (C=O) groups is 2. The standard InChI is InChI=1S/C12H17N5O4S/c1-12(2,3)17(21)5-7-4-8(15-16-14-7)10(18)13-9(6-22)11(19)20/h4-5,9,22H,6H2,1-3H3,(H,13,18)(H,19,20)/b17-5-. The van der Waals surface area contributed by atoms with Gasteiger partial charge in [0.2, 0.25) is 6.21 Å². The van der Waals surface area contributed by atoms with E-state index in [1.165, 1.54) is 12.3 Å². The zero-order valence-electron chi connectivity index (χ0n) is 12.3. The van der Waals surface area contributed by atoms with Gasteiger partial charge >= 0.3 is 5.97 Å². The van der Waals surface area contributed by atoms with Gasteiger partial charge in [-0.15, -0.1) is 10.2 Å². The summed E-state index contributed by atoms with van der Waals surface area (Å²) in [4.78, 5) is 22.8. The fourth-order valence-corrected chi connectivity index (χ4v) is 1.47. The van der Waals surface area contributed by atoms with Crippen molar-refractivity contribution in [1.82, 2.24) is 20.7 Å². The second-order valence-corrected chi connectivity index (χ2v) is 5.78. The van der Waals surface area contributed by atoms with Crippen LogP contribution >= 0.6 is 12.6 Å². The zero-order valence-corrected chi connectivity index (χ0v) is 13.2. The van der Waals surface area contributed by atoms with Crippen LogP contribution < -0.4 is 5.32 Å². The van der Waals surface area contributed by atoms with E-state index in [1.807, 2.05) is 0 Å². The molecule has 1 amide bonds. The number of nitrogens with zero attached hydrogens (tertiary/aromatic N) is 4. The second-order valence-electron chi connectivity index (χ2n) is 5.42. The van der Waals surface area contributed by atoms with Gasteiger partial charge in [0.15, 0.2) is 16.9 Å². The molecule has 10 heteroatoms. The summed E-state index contributed by atoms with van der Waals surface area (Å²) in [5.41, 5.74) is -0.673. The molecular weight excluding hydrogens is 310 g/mol. The van der Waals surface area contributed by atoms with E-state index in [4.69, 9.17) is 5.11 Å². The highest BCUT2D eigenvalue weighted by Crippen LogP contribution is 2.05. The predicted octanol–water partition coefficient (Wildman–Crippen LogP) is -0.288. The monoisotopic (exact) mass is 327 g/mol. The van der Waals surface area contributed by atoms with Crippen LogP contribution in [0.3, 0.4) is 0 Å². The lowest BCUT2D eigenvalue weighted by Gasteiger charge is -2.18. The van der Waals surface area contributed by atoms with Crippen molar-refractivity contribution in [2.45, 2.75) is 32.4 Å². The van der Waals surface area contributed by atoms with Crippen LogP contribution in [0.15, 0.2) is 6.07 Å². The van der Waals surface area contributed by atoms with E-state index in [-0.39, 0.29) is 17.1 Å². The van der Waals surface area contributed by atoms with Crippen LogP contribution in [0.25, 0.3) is 0 Å². The Balaban J connectivity index is 2.97. The van der Waals surface area contributed by atoms with Gasteiger partial charge in [-0.05, 0) is 5.21 Å². The van der Waals surface area contributed by atoms with Crippen LogP contribution in [0.2, 0.25) is 0 Å². The minimum Gasteiger partial charge on any atom is -0.623 e. The first kappa shape index (κ1) is 17.8. The molecule has 0 spiro atoms. The van der Waals surface area contributed by atoms with Crippen LogP contribution in [0.5, 0.6) is 0 Å². The maximum atomic E-state index is 11.9. The summed E-state index contributed by atoms with van der Waals surface area (Å²) in [6.45, 7) is 5.13. The molecule has 0 aromatic carbocycles. The molecular formula is C12H17N5O4S. The third-order valence-corrected chi connectivity index (χ3v) is 2.89. The van der Waals surface area contributed by atoms with E-state index in [2.05, 4.69) is 33.4 Å². The molecule has 0 aliphatic heterocycles. The first-order chi connectivity index (χ1) is 10.1. The van der Waals surface area contributed by atoms with Crippen molar-refractivity contribution < 1.29 is 19.4 Å². The average Bonchev–Trinajstić information content (AvgIpc) is 2.43. The van der Waals surface area contributed by atoms with Crippen molar-refractivity contribution >= 4 is 30.7 Å². The number of hydrogen-bond acceptors (Lipinski definition) is 7. The molecule has 0 bridgehead atoms. The Labute approximate surface area is 132 Å². The SMILES string of the molecule is CC(C)(C)/[N+]([O-])=C/c1cc(C(=O)NC(CS)C(=O)O)nnn1. The molecule has 0 fully saturated rings. The van der Waals surface area contributed by atoms with Crippen LogP contribution in [-0.2, 0) is 4.79 Å². The number of thiol groups is 1. The second kappa shape index (κ2) is 7.16. The normalized spacial score (nSPS) is 13.5. The van der Waals surface area contributed by atoms with Gasteiger partial charge in [0, 0.05) is 32.6 Å². The topological polar surface area (TPSA) is 131 Å². The number of aliphatic carboxylic acids is 1. The molecule has 0 aliphatic rings. The van der Waals surface area contributed by atoms with Crippen molar-refractivity contribution in [3.8, 4) is 0 Å². The van der Waals surface area contributed by atoms with E-state index >= 15 is 0 Å². The molecule has 1 rings (SSSR count). The van der Waals surface area contributed by atoms with Crippen molar-refractivity contribution in [3.05, 3.63) is 22.7 Å². The van der Waals surface area contributed by atoms with Crippen LogP contribution in [-0.4, -0.2) is 60.7 Å². The quantitative estimate of drug-likeness (QED) is 0.223. The molecule has 1 aromatic heterocycles. The Hall–Kier alpha value is -2.23. The fraction of sp³-hybridized carbons (Fsp3) is 0.500. The molecule has 0 radical (unpaired) electrons. The Bertz CT molecular complexity index is 599. The maximum absolute atomic E-state index is 11.9. The highest BCUT2D eigenvalue weighted by atomic mass is 32.1. The van der Waals surface area contributed by atoms with Gasteiger partial charge in [-0.1, -0.05) is 0 Å². The molecule has 22 heavy (non-hydrogen) atoms. The molecule has 1 unspecified atom stereocenters. The molecule has 1 heterocycles. The molecule has 1 aromatic rings. The van der Waals surface area contributed by atoms with Gasteiger partial charge < -0.3 is 15.6 Å². The average molecular weight is 327 g/mol. The van der Waals surface area contributed by atoms with E-state index in [1.54, 1.807) is 20.8 Å². The fourth-order valence-electron chi connectivity index (χ4n) is 1.23. The molecule has 0 saturated heterocycles. The Kier molecular flexibility index (Phi) is 5.80. The van der Waals surface area contributed by atoms with Gasteiger partial charge in [0.25, 0.3) is 5.91 Å². The lowest BCUT2D eigenvalue weighted by molar-refractivity contribution is -0.530. The van der Waals surface area contributed by atoms with E-state index < -0.39 is 23.5 Å². The van der Waals surface area contributed by atoms with Crippen LogP contribution in [0, 0.1) is 5.21 Å². The van der Waals surface area contributed by atoms with Crippen LogP contribution in [0.1, 0.15) is 37.0 Å². The highest BCUT2D eigenvalue weighted by molar-refractivity contribution is 7.80. The molecule has 9 nitrogen and oxygen atoms in total. The number of nitrogens with one attached hydrogen (secondary N) is 1. The third-order valence-electron chi connectivity index (χ3n) is 2.53. The summed E-state index contributed by atoms with van der Waals surface area (Å²) < 4.78 is 0.673. The summed E-state index contributed by atoms with van der Waals surface area (Å²) in [5.74, 6) is -2.02. The zero-order chi connectivity index (χ0) is 16.9. The number of rotatable bonds is 5. The summed E-state index contributed by atoms with van der Waals surface area (Å²) in [5, 5.41) is 33.5. The molecule has 120 valence electrons. The molecule has 0 aliphatic carbocycles. The van der Waals surface area contributed by atoms with E-state index in [9.17, 15) is 14.8 Å². The van der Waals surface area contributed by atoms with Gasteiger partial charge in [0.05, 0.1) is 0 Å². The van der Waals surface area contributed by atoms with E-state index in [0.717, 1.165) is 0 Å². The summed E-state index contributed by atoms with van der Waals surface area (Å²) in [6, 6.07) is 0.0972. The number of carbonyl (C=O) groups excluding carboxylic acids is 1. The molecule has 0 saturated carbocycles. The number of carboxylic acid groups (broad SMARTS) is 1. The van der Waals surface area contributed by atoms with Crippen molar-refractivity contribution in [2.75, 3.05) is 5.75 Å².